The van der Waals surface area contributed by atoms with Crippen LogP contribution in [0.2, 0.25) is 0 Å². The van der Waals surface area contributed by atoms with Gasteiger partial charge in [-0.05, 0) is 13.8 Å². The Bertz CT molecular complexity index is 807. The van der Waals surface area contributed by atoms with Crippen LogP contribution in [0.15, 0.2) is 11.3 Å². The molecule has 0 aliphatic carbocycles. The van der Waals surface area contributed by atoms with E-state index in [9.17, 15) is 29.1 Å². The summed E-state index contributed by atoms with van der Waals surface area (Å²) >= 11 is 6.01. The lowest BCUT2D eigenvalue weighted by atomic mass is 10.0. The van der Waals surface area contributed by atoms with Crippen molar-refractivity contribution in [2.24, 2.45) is 0 Å². The molecule has 0 saturated carbocycles. The molecule has 14 heteroatoms. The predicted molar refractivity (Wildman–Crippen MR) is 116 cm³/mol. The minimum Gasteiger partial charge on any atom is -0.477 e. The van der Waals surface area contributed by atoms with Crippen LogP contribution in [0, 0.1) is 0 Å². The predicted octanol–water partition coefficient (Wildman–Crippen LogP) is 0.123. The number of hydrogen-bond acceptors (Lipinski definition) is 8. The van der Waals surface area contributed by atoms with Crippen molar-refractivity contribution < 1.29 is 33.8 Å². The number of amides is 4. The van der Waals surface area contributed by atoms with Crippen molar-refractivity contribution in [3.05, 3.63) is 11.3 Å². The van der Waals surface area contributed by atoms with E-state index in [-0.39, 0.29) is 55.0 Å². The van der Waals surface area contributed by atoms with Gasteiger partial charge in [-0.25, -0.2) is 9.59 Å². The zero-order chi connectivity index (χ0) is 23.0. The van der Waals surface area contributed by atoms with Gasteiger partial charge in [-0.3, -0.25) is 19.3 Å². The van der Waals surface area contributed by atoms with Crippen molar-refractivity contribution in [3.63, 3.8) is 0 Å². The van der Waals surface area contributed by atoms with Crippen LogP contribution in [0.4, 0.5) is 4.79 Å². The number of carboxylic acids is 1. The number of nitrogens with one attached hydrogen (secondary N) is 3. The molecule has 0 spiro atoms. The highest BCUT2D eigenvalue weighted by molar-refractivity contribution is 8.00. The van der Waals surface area contributed by atoms with Gasteiger partial charge < -0.3 is 25.8 Å². The monoisotopic (exact) mass is 490 g/mol. The standard InChI is InChI=1S/C17H23N4O7PS2/c1-2-3-11(23)20-12-14(24)21-13(16(25)26)9(7-31-15(12)21)6-28-17(27)19-8-18-10(22)4-5-29-30/h12,15H,2-8H2,1H3,(H,18,22)(H,19,27)(H,20,23)(H,25,26). The number of nitrogens with zero attached hydrogens (tertiary/aromatic N) is 1. The van der Waals surface area contributed by atoms with E-state index in [0.717, 1.165) is 4.90 Å². The van der Waals surface area contributed by atoms with Crippen LogP contribution in [0.25, 0.3) is 0 Å². The van der Waals surface area contributed by atoms with Crippen molar-refractivity contribution >= 4 is 60.7 Å². The summed E-state index contributed by atoms with van der Waals surface area (Å²) in [6.07, 6.45) is 0.861. The SMILES string of the molecule is CCCC(=O)NC1C(=O)N2C(C(=O)O)=C(COC(=O)NCNC(=O)CCP=S)CSC12. The molecular weight excluding hydrogens is 467 g/mol. The largest absolute Gasteiger partial charge is 0.477 e. The molecule has 2 heterocycles. The Morgan fingerprint density at radius 2 is 2.00 bits per heavy atom. The molecule has 4 amide bonds. The molecule has 1 fully saturated rings. The maximum Gasteiger partial charge on any atom is 0.408 e. The highest BCUT2D eigenvalue weighted by Crippen LogP contribution is 2.40. The minimum absolute atomic E-state index is 0.141. The molecule has 2 atom stereocenters. The van der Waals surface area contributed by atoms with Crippen molar-refractivity contribution in [1.29, 1.82) is 0 Å². The number of rotatable bonds is 11. The van der Waals surface area contributed by atoms with Crippen molar-refractivity contribution in [3.8, 4) is 0 Å². The van der Waals surface area contributed by atoms with Gasteiger partial charge in [0.05, 0.1) is 6.67 Å². The Hall–Kier alpha value is -2.24. The maximum absolute atomic E-state index is 12.4. The van der Waals surface area contributed by atoms with Crippen molar-refractivity contribution in [1.82, 2.24) is 20.9 Å². The number of hydrogen-bond donors (Lipinski definition) is 4. The molecule has 2 unspecified atom stereocenters. The summed E-state index contributed by atoms with van der Waals surface area (Å²) in [7, 11) is 0.682. The van der Waals surface area contributed by atoms with Gasteiger partial charge in [-0.15, -0.1) is 11.8 Å². The topological polar surface area (TPSA) is 154 Å². The molecule has 0 aromatic carbocycles. The first kappa shape index (κ1) is 25.0. The number of carbonyl (C=O) groups excluding carboxylic acids is 4. The third-order valence-corrected chi connectivity index (χ3v) is 6.66. The third-order valence-electron chi connectivity index (χ3n) is 4.37. The van der Waals surface area contributed by atoms with E-state index < -0.39 is 29.4 Å². The van der Waals surface area contributed by atoms with Crippen LogP contribution in [-0.2, 0) is 35.7 Å². The zero-order valence-corrected chi connectivity index (χ0v) is 19.2. The number of carbonyl (C=O) groups is 5. The van der Waals surface area contributed by atoms with Crippen LogP contribution < -0.4 is 16.0 Å². The number of ether oxygens (including phenoxy) is 1. The van der Waals surface area contributed by atoms with Crippen LogP contribution in [0.3, 0.4) is 0 Å². The molecule has 0 aromatic rings. The van der Waals surface area contributed by atoms with E-state index in [1.54, 1.807) is 0 Å². The van der Waals surface area contributed by atoms with Gasteiger partial charge in [0.25, 0.3) is 5.91 Å². The van der Waals surface area contributed by atoms with Crippen LogP contribution >= 0.6 is 19.1 Å². The molecule has 11 nitrogen and oxygen atoms in total. The summed E-state index contributed by atoms with van der Waals surface area (Å²) in [6.45, 7) is 1.37. The molecule has 1 saturated heterocycles. The first-order valence-electron chi connectivity index (χ1n) is 9.45. The van der Waals surface area contributed by atoms with Gasteiger partial charge in [0.2, 0.25) is 11.8 Å². The lowest BCUT2D eigenvalue weighted by Crippen LogP contribution is -2.70. The fraction of sp³-hybridized carbons (Fsp3) is 0.588. The second-order valence-electron chi connectivity index (χ2n) is 6.59. The van der Waals surface area contributed by atoms with Gasteiger partial charge in [-0.1, -0.05) is 18.7 Å². The van der Waals surface area contributed by atoms with E-state index in [2.05, 4.69) is 16.0 Å². The zero-order valence-electron chi connectivity index (χ0n) is 16.7. The quantitative estimate of drug-likeness (QED) is 0.180. The molecule has 2 aliphatic rings. The number of thioether (sulfide) groups is 1. The molecule has 31 heavy (non-hydrogen) atoms. The number of alkyl carbamates (subject to hydrolysis) is 1. The number of aliphatic carboxylic acids is 1. The van der Waals surface area contributed by atoms with Crippen molar-refractivity contribution in [2.75, 3.05) is 25.2 Å². The summed E-state index contributed by atoms with van der Waals surface area (Å²) in [4.78, 5) is 60.4. The average Bonchev–Trinajstić information content (AvgIpc) is 2.73. The van der Waals surface area contributed by atoms with E-state index in [4.69, 9.17) is 16.5 Å². The molecular formula is C17H23N4O7PS2. The number of fused-ring (bicyclic) bond motifs is 1. The van der Waals surface area contributed by atoms with Gasteiger partial charge in [0, 0.05) is 30.3 Å². The lowest BCUT2D eigenvalue weighted by Gasteiger charge is -2.49. The Kier molecular flexibility index (Phi) is 9.66. The summed E-state index contributed by atoms with van der Waals surface area (Å²) in [5.74, 6) is -2.13. The molecule has 2 aliphatic heterocycles. The van der Waals surface area contributed by atoms with Gasteiger partial charge in [-0.2, -0.15) is 0 Å². The summed E-state index contributed by atoms with van der Waals surface area (Å²) < 4.78 is 5.03. The minimum atomic E-state index is -1.32. The summed E-state index contributed by atoms with van der Waals surface area (Å²) in [5.41, 5.74) is 0.0306. The van der Waals surface area contributed by atoms with Crippen molar-refractivity contribution in [2.45, 2.75) is 37.6 Å². The molecule has 0 radical (unpaired) electrons. The van der Waals surface area contributed by atoms with E-state index in [0.29, 0.717) is 19.9 Å². The number of carboxylic acid groups (broad SMARTS) is 1. The van der Waals surface area contributed by atoms with E-state index >= 15 is 0 Å². The van der Waals surface area contributed by atoms with Crippen LogP contribution in [0.1, 0.15) is 26.2 Å². The third kappa shape index (κ3) is 6.62. The van der Waals surface area contributed by atoms with Crippen LogP contribution in [0.5, 0.6) is 0 Å². The molecule has 4 N–H and O–H groups in total. The maximum atomic E-state index is 12.4. The fourth-order valence-corrected chi connectivity index (χ4v) is 4.82. The summed E-state index contributed by atoms with van der Waals surface area (Å²) in [6, 6.07) is -0.770. The Labute approximate surface area is 189 Å². The normalized spacial score (nSPS) is 19.9. The Morgan fingerprint density at radius 3 is 2.65 bits per heavy atom. The van der Waals surface area contributed by atoms with E-state index in [1.807, 2.05) is 6.92 Å². The van der Waals surface area contributed by atoms with Gasteiger partial charge in [0.15, 0.2) is 0 Å². The Morgan fingerprint density at radius 1 is 1.26 bits per heavy atom. The van der Waals surface area contributed by atoms with Gasteiger partial charge in [0.1, 0.15) is 23.7 Å². The highest BCUT2D eigenvalue weighted by atomic mass is 32.4. The first-order chi connectivity index (χ1) is 14.8. The number of β-lactam (4-membered cyclic amide) rings is 1. The summed E-state index contributed by atoms with van der Waals surface area (Å²) in [5, 5.41) is 16.5. The smallest absolute Gasteiger partial charge is 0.408 e. The second kappa shape index (κ2) is 12.0. The average molecular weight is 491 g/mol. The molecule has 0 bridgehead atoms. The van der Waals surface area contributed by atoms with Gasteiger partial charge >= 0.3 is 12.1 Å². The van der Waals surface area contributed by atoms with Crippen LogP contribution in [-0.4, -0.2) is 76.4 Å². The van der Waals surface area contributed by atoms with E-state index in [1.165, 1.54) is 11.8 Å². The Balaban J connectivity index is 1.90. The molecule has 0 aromatic heterocycles. The highest BCUT2D eigenvalue weighted by Gasteiger charge is 2.54. The second-order valence-corrected chi connectivity index (χ2v) is 9.18. The molecule has 2 rings (SSSR count). The molecule has 170 valence electrons. The first-order valence-corrected chi connectivity index (χ1v) is 12.6. The lowest BCUT2D eigenvalue weighted by molar-refractivity contribution is -0.150. The fourth-order valence-electron chi connectivity index (χ4n) is 2.92.